The van der Waals surface area contributed by atoms with Crippen LogP contribution in [0, 0.1) is 5.92 Å². The molecule has 146 valence electrons. The first-order chi connectivity index (χ1) is 13.0. The molecule has 0 bridgehead atoms. The highest BCUT2D eigenvalue weighted by Gasteiger charge is 2.48. The SMILES string of the molecule is COCCNC(=O)C(NC(=O)C1CSC2c3ccccc3C(=O)N12)C(C)C. The van der Waals surface area contributed by atoms with Crippen LogP contribution in [0.4, 0.5) is 0 Å². The van der Waals surface area contributed by atoms with E-state index >= 15 is 0 Å². The van der Waals surface area contributed by atoms with Crippen molar-refractivity contribution in [2.75, 3.05) is 26.0 Å². The minimum Gasteiger partial charge on any atom is -0.383 e. The Labute approximate surface area is 163 Å². The third kappa shape index (κ3) is 3.82. The van der Waals surface area contributed by atoms with Crippen molar-refractivity contribution in [3.8, 4) is 0 Å². The Morgan fingerprint density at radius 1 is 1.33 bits per heavy atom. The fourth-order valence-corrected chi connectivity index (χ4v) is 4.88. The van der Waals surface area contributed by atoms with Crippen molar-refractivity contribution in [2.24, 2.45) is 5.92 Å². The molecular formula is C19H25N3O4S. The van der Waals surface area contributed by atoms with Gasteiger partial charge in [0.05, 0.1) is 6.61 Å². The molecule has 27 heavy (non-hydrogen) atoms. The fourth-order valence-electron chi connectivity index (χ4n) is 3.41. The third-order valence-corrected chi connectivity index (χ3v) is 6.15. The highest BCUT2D eigenvalue weighted by atomic mass is 32.2. The first-order valence-electron chi connectivity index (χ1n) is 9.06. The molecule has 8 heteroatoms. The van der Waals surface area contributed by atoms with E-state index in [0.29, 0.717) is 24.5 Å². The number of amides is 3. The number of methoxy groups -OCH3 is 1. The third-order valence-electron chi connectivity index (χ3n) is 4.85. The van der Waals surface area contributed by atoms with Crippen LogP contribution in [0.1, 0.15) is 35.1 Å². The van der Waals surface area contributed by atoms with E-state index in [0.717, 1.165) is 5.56 Å². The van der Waals surface area contributed by atoms with Crippen LogP contribution in [0.25, 0.3) is 0 Å². The van der Waals surface area contributed by atoms with Crippen LogP contribution in [0.2, 0.25) is 0 Å². The van der Waals surface area contributed by atoms with Crippen LogP contribution in [-0.4, -0.2) is 60.7 Å². The number of benzene rings is 1. The molecule has 3 amide bonds. The van der Waals surface area contributed by atoms with Gasteiger partial charge < -0.3 is 20.3 Å². The summed E-state index contributed by atoms with van der Waals surface area (Å²) >= 11 is 1.58. The molecule has 3 atom stereocenters. The number of nitrogens with one attached hydrogen (secondary N) is 2. The van der Waals surface area contributed by atoms with E-state index in [-0.39, 0.29) is 29.0 Å². The van der Waals surface area contributed by atoms with Crippen molar-refractivity contribution < 1.29 is 19.1 Å². The number of thioether (sulfide) groups is 1. The van der Waals surface area contributed by atoms with Crippen molar-refractivity contribution >= 4 is 29.5 Å². The van der Waals surface area contributed by atoms with Gasteiger partial charge in [-0.2, -0.15) is 0 Å². The van der Waals surface area contributed by atoms with Crippen molar-refractivity contribution in [3.63, 3.8) is 0 Å². The van der Waals surface area contributed by atoms with Crippen molar-refractivity contribution in [1.82, 2.24) is 15.5 Å². The zero-order valence-corrected chi connectivity index (χ0v) is 16.5. The molecule has 3 rings (SSSR count). The molecule has 1 aromatic carbocycles. The molecule has 1 fully saturated rings. The lowest BCUT2D eigenvalue weighted by atomic mass is 10.0. The smallest absolute Gasteiger partial charge is 0.256 e. The lowest BCUT2D eigenvalue weighted by molar-refractivity contribution is -0.132. The molecule has 1 saturated heterocycles. The summed E-state index contributed by atoms with van der Waals surface area (Å²) in [7, 11) is 1.56. The van der Waals surface area contributed by atoms with Gasteiger partial charge in [0.15, 0.2) is 0 Å². The minimum atomic E-state index is -0.654. The molecule has 0 spiro atoms. The lowest BCUT2D eigenvalue weighted by Crippen LogP contribution is -2.55. The van der Waals surface area contributed by atoms with Crippen molar-refractivity contribution in [1.29, 1.82) is 0 Å². The molecule has 0 aliphatic carbocycles. The van der Waals surface area contributed by atoms with Gasteiger partial charge in [-0.05, 0) is 17.5 Å². The second-order valence-corrected chi connectivity index (χ2v) is 8.13. The highest BCUT2D eigenvalue weighted by Crippen LogP contribution is 2.48. The Balaban J connectivity index is 1.69. The van der Waals surface area contributed by atoms with Crippen LogP contribution in [0.5, 0.6) is 0 Å². The van der Waals surface area contributed by atoms with Gasteiger partial charge in [0, 0.05) is 25.0 Å². The van der Waals surface area contributed by atoms with E-state index in [1.165, 1.54) is 0 Å². The van der Waals surface area contributed by atoms with Crippen LogP contribution >= 0.6 is 11.8 Å². The first kappa shape index (κ1) is 19.7. The van der Waals surface area contributed by atoms with Gasteiger partial charge in [-0.25, -0.2) is 0 Å². The minimum absolute atomic E-state index is 0.0761. The summed E-state index contributed by atoms with van der Waals surface area (Å²) in [5.41, 5.74) is 1.62. The molecule has 7 nitrogen and oxygen atoms in total. The van der Waals surface area contributed by atoms with E-state index < -0.39 is 12.1 Å². The maximum absolute atomic E-state index is 12.9. The molecule has 0 saturated carbocycles. The highest BCUT2D eigenvalue weighted by molar-refractivity contribution is 7.99. The van der Waals surface area contributed by atoms with Gasteiger partial charge >= 0.3 is 0 Å². The van der Waals surface area contributed by atoms with E-state index in [1.807, 2.05) is 32.0 Å². The van der Waals surface area contributed by atoms with E-state index in [1.54, 1.807) is 29.8 Å². The second-order valence-electron chi connectivity index (χ2n) is 7.02. The number of hydrogen-bond acceptors (Lipinski definition) is 5. The average Bonchev–Trinajstić information content (AvgIpc) is 3.20. The zero-order chi connectivity index (χ0) is 19.6. The predicted molar refractivity (Wildman–Crippen MR) is 103 cm³/mol. The van der Waals surface area contributed by atoms with Gasteiger partial charge in [-0.15, -0.1) is 11.8 Å². The number of hydrogen-bond donors (Lipinski definition) is 2. The predicted octanol–water partition coefficient (Wildman–Crippen LogP) is 1.16. The maximum Gasteiger partial charge on any atom is 0.256 e. The summed E-state index contributed by atoms with van der Waals surface area (Å²) in [6, 6.07) is 6.24. The van der Waals surface area contributed by atoms with Crippen LogP contribution < -0.4 is 10.6 Å². The molecule has 3 unspecified atom stereocenters. The largest absolute Gasteiger partial charge is 0.383 e. The summed E-state index contributed by atoms with van der Waals surface area (Å²) in [5, 5.41) is 5.48. The summed E-state index contributed by atoms with van der Waals surface area (Å²) in [6.45, 7) is 4.55. The van der Waals surface area contributed by atoms with Crippen LogP contribution in [0.15, 0.2) is 24.3 Å². The number of carbonyl (C=O) groups excluding carboxylic acids is 3. The van der Waals surface area contributed by atoms with Crippen LogP contribution in [-0.2, 0) is 14.3 Å². The molecule has 2 heterocycles. The van der Waals surface area contributed by atoms with Gasteiger partial charge in [-0.1, -0.05) is 32.0 Å². The normalized spacial score (nSPS) is 21.8. The fraction of sp³-hybridized carbons (Fsp3) is 0.526. The summed E-state index contributed by atoms with van der Waals surface area (Å²) in [6.07, 6.45) is 0. The Kier molecular flexibility index (Phi) is 6.06. The van der Waals surface area contributed by atoms with Crippen LogP contribution in [0.3, 0.4) is 0 Å². The van der Waals surface area contributed by atoms with Gasteiger partial charge in [0.25, 0.3) is 5.91 Å². The van der Waals surface area contributed by atoms with Crippen molar-refractivity contribution in [3.05, 3.63) is 35.4 Å². The first-order valence-corrected chi connectivity index (χ1v) is 10.1. The molecule has 2 aliphatic heterocycles. The zero-order valence-electron chi connectivity index (χ0n) is 15.7. The molecule has 2 N–H and O–H groups in total. The standard InChI is InChI=1S/C19H25N3O4S/c1-11(2)15(17(24)20-8-9-26-3)21-16(23)14-10-27-19-13-7-5-4-6-12(13)18(25)22(14)19/h4-7,11,14-15,19H,8-10H2,1-3H3,(H,20,24)(H,21,23). The molecule has 2 aliphatic rings. The molecular weight excluding hydrogens is 366 g/mol. The van der Waals surface area contributed by atoms with Crippen molar-refractivity contribution in [2.45, 2.75) is 31.3 Å². The molecule has 0 aromatic heterocycles. The average molecular weight is 391 g/mol. The second kappa shape index (κ2) is 8.31. The van der Waals surface area contributed by atoms with Gasteiger partial charge in [0.1, 0.15) is 17.5 Å². The Hall–Kier alpha value is -2.06. The molecule has 0 radical (unpaired) electrons. The number of carbonyl (C=O) groups is 3. The topological polar surface area (TPSA) is 87.7 Å². The number of ether oxygens (including phenoxy) is 1. The number of rotatable bonds is 7. The van der Waals surface area contributed by atoms with E-state index in [9.17, 15) is 14.4 Å². The Morgan fingerprint density at radius 3 is 2.78 bits per heavy atom. The summed E-state index contributed by atoms with van der Waals surface area (Å²) in [5.74, 6) is -0.202. The quantitative estimate of drug-likeness (QED) is 0.681. The Bertz CT molecular complexity index is 739. The van der Waals surface area contributed by atoms with E-state index in [2.05, 4.69) is 10.6 Å². The van der Waals surface area contributed by atoms with E-state index in [4.69, 9.17) is 4.74 Å². The van der Waals surface area contributed by atoms with Gasteiger partial charge in [0.2, 0.25) is 11.8 Å². The monoisotopic (exact) mass is 391 g/mol. The summed E-state index contributed by atoms with van der Waals surface area (Å²) in [4.78, 5) is 39.7. The Morgan fingerprint density at radius 2 is 2.07 bits per heavy atom. The number of fused-ring (bicyclic) bond motifs is 3. The summed E-state index contributed by atoms with van der Waals surface area (Å²) < 4.78 is 4.94. The van der Waals surface area contributed by atoms with Gasteiger partial charge in [-0.3, -0.25) is 14.4 Å². The maximum atomic E-state index is 12.9. The number of nitrogens with zero attached hydrogens (tertiary/aromatic N) is 1. The lowest BCUT2D eigenvalue weighted by Gasteiger charge is -2.27. The molecule has 1 aromatic rings.